The van der Waals surface area contributed by atoms with E-state index in [0.29, 0.717) is 5.88 Å². The van der Waals surface area contributed by atoms with Crippen molar-refractivity contribution in [3.8, 4) is 0 Å². The first-order valence-electron chi connectivity index (χ1n) is 3.97. The Balaban J connectivity index is 2.70. The van der Waals surface area contributed by atoms with E-state index in [9.17, 15) is 0 Å². The molecule has 0 aliphatic carbocycles. The molecule has 0 bridgehead atoms. The van der Waals surface area contributed by atoms with Crippen molar-refractivity contribution in [1.82, 2.24) is 9.78 Å². The highest BCUT2D eigenvalue weighted by atomic mass is 35.5. The molecule has 0 saturated heterocycles. The monoisotopic (exact) mass is 184 g/mol. The van der Waals surface area contributed by atoms with Crippen molar-refractivity contribution in [2.45, 2.75) is 13.3 Å². The molecule has 3 heteroatoms. The molecule has 0 aliphatic heterocycles. The van der Waals surface area contributed by atoms with Crippen LogP contribution in [0.15, 0.2) is 18.3 Å². The molecule has 0 N–H and O–H groups in total. The summed E-state index contributed by atoms with van der Waals surface area (Å²) in [5.74, 6) is 0.671. The van der Waals surface area contributed by atoms with Crippen LogP contribution in [0.25, 0.3) is 5.57 Å². The highest BCUT2D eigenvalue weighted by Crippen LogP contribution is 2.10. The van der Waals surface area contributed by atoms with Gasteiger partial charge in [-0.3, -0.25) is 4.68 Å². The quantitative estimate of drug-likeness (QED) is 0.660. The summed E-state index contributed by atoms with van der Waals surface area (Å²) >= 11 is 5.57. The highest BCUT2D eigenvalue weighted by molar-refractivity contribution is 6.17. The Morgan fingerprint density at radius 2 is 2.50 bits per heavy atom. The van der Waals surface area contributed by atoms with Crippen LogP contribution in [0.5, 0.6) is 0 Å². The molecule has 0 amide bonds. The summed E-state index contributed by atoms with van der Waals surface area (Å²) in [6, 6.07) is 2.00. The van der Waals surface area contributed by atoms with Crippen molar-refractivity contribution in [3.63, 3.8) is 0 Å². The van der Waals surface area contributed by atoms with E-state index in [1.807, 2.05) is 19.3 Å². The molecule has 1 rings (SSSR count). The Morgan fingerprint density at radius 1 is 1.75 bits per heavy atom. The van der Waals surface area contributed by atoms with Crippen molar-refractivity contribution < 1.29 is 0 Å². The lowest BCUT2D eigenvalue weighted by atomic mass is 10.2. The lowest BCUT2D eigenvalue weighted by molar-refractivity contribution is 0.763. The van der Waals surface area contributed by atoms with E-state index < -0.39 is 0 Å². The van der Waals surface area contributed by atoms with Crippen LogP contribution in [-0.2, 0) is 7.05 Å². The van der Waals surface area contributed by atoms with Gasteiger partial charge in [0.25, 0.3) is 0 Å². The molecule has 12 heavy (non-hydrogen) atoms. The number of hydrogen-bond acceptors (Lipinski definition) is 1. The summed E-state index contributed by atoms with van der Waals surface area (Å²) in [6.07, 6.45) is 4.95. The van der Waals surface area contributed by atoms with Gasteiger partial charge in [-0.1, -0.05) is 6.08 Å². The topological polar surface area (TPSA) is 17.8 Å². The molecule has 1 aromatic rings. The second kappa shape index (κ2) is 4.31. The first kappa shape index (κ1) is 9.33. The van der Waals surface area contributed by atoms with Gasteiger partial charge in [0, 0.05) is 19.1 Å². The van der Waals surface area contributed by atoms with E-state index in [2.05, 4.69) is 18.1 Å². The van der Waals surface area contributed by atoms with Gasteiger partial charge in [-0.05, 0) is 25.0 Å². The smallest absolute Gasteiger partial charge is 0.0876 e. The van der Waals surface area contributed by atoms with Gasteiger partial charge in [-0.2, -0.15) is 5.10 Å². The second-order valence-corrected chi connectivity index (χ2v) is 3.12. The number of hydrogen-bond donors (Lipinski definition) is 0. The fourth-order valence-corrected chi connectivity index (χ4v) is 1.11. The molecule has 0 aliphatic rings. The molecule has 0 fully saturated rings. The second-order valence-electron chi connectivity index (χ2n) is 2.74. The SMILES string of the molecule is C/C(=C/CCCl)c1ccn(C)n1. The third-order valence-corrected chi connectivity index (χ3v) is 1.90. The zero-order chi connectivity index (χ0) is 8.97. The van der Waals surface area contributed by atoms with Gasteiger partial charge in [0.15, 0.2) is 0 Å². The number of alkyl halides is 1. The third-order valence-electron chi connectivity index (χ3n) is 1.68. The van der Waals surface area contributed by atoms with Gasteiger partial charge in [0.2, 0.25) is 0 Å². The maximum Gasteiger partial charge on any atom is 0.0876 e. The van der Waals surface area contributed by atoms with E-state index in [1.165, 1.54) is 5.57 Å². The first-order chi connectivity index (χ1) is 5.74. The third kappa shape index (κ3) is 2.38. The lowest BCUT2D eigenvalue weighted by Crippen LogP contribution is -1.89. The first-order valence-corrected chi connectivity index (χ1v) is 4.50. The van der Waals surface area contributed by atoms with Gasteiger partial charge in [-0.15, -0.1) is 11.6 Å². The Kier molecular flexibility index (Phi) is 3.35. The minimum absolute atomic E-state index is 0.671. The molecule has 0 aromatic carbocycles. The van der Waals surface area contributed by atoms with Crippen molar-refractivity contribution >= 4 is 17.2 Å². The van der Waals surface area contributed by atoms with Crippen LogP contribution in [0.4, 0.5) is 0 Å². The van der Waals surface area contributed by atoms with Crippen LogP contribution in [0.1, 0.15) is 19.0 Å². The molecule has 66 valence electrons. The summed E-state index contributed by atoms with van der Waals surface area (Å²) < 4.78 is 1.80. The summed E-state index contributed by atoms with van der Waals surface area (Å²) in [7, 11) is 1.92. The van der Waals surface area contributed by atoms with Crippen LogP contribution in [-0.4, -0.2) is 15.7 Å². The summed E-state index contributed by atoms with van der Waals surface area (Å²) in [4.78, 5) is 0. The zero-order valence-corrected chi connectivity index (χ0v) is 8.17. The van der Waals surface area contributed by atoms with E-state index in [0.717, 1.165) is 12.1 Å². The zero-order valence-electron chi connectivity index (χ0n) is 7.42. The normalized spacial score (nSPS) is 12.1. The molecule has 0 saturated carbocycles. The van der Waals surface area contributed by atoms with Crippen LogP contribution >= 0.6 is 11.6 Å². The Hall–Kier alpha value is -0.760. The Morgan fingerprint density at radius 3 is 3.00 bits per heavy atom. The summed E-state index contributed by atoms with van der Waals surface area (Å²) in [5, 5.41) is 4.27. The van der Waals surface area contributed by atoms with Crippen molar-refractivity contribution in [1.29, 1.82) is 0 Å². The molecule has 0 spiro atoms. The van der Waals surface area contributed by atoms with Gasteiger partial charge in [0.1, 0.15) is 0 Å². The Labute approximate surface area is 77.8 Å². The van der Waals surface area contributed by atoms with Gasteiger partial charge < -0.3 is 0 Å². The van der Waals surface area contributed by atoms with Crippen LogP contribution in [0, 0.1) is 0 Å². The molecule has 1 heterocycles. The van der Waals surface area contributed by atoms with E-state index in [1.54, 1.807) is 4.68 Å². The van der Waals surface area contributed by atoms with Crippen LogP contribution < -0.4 is 0 Å². The van der Waals surface area contributed by atoms with E-state index >= 15 is 0 Å². The Bertz CT molecular complexity index is 276. The number of nitrogens with zero attached hydrogens (tertiary/aromatic N) is 2. The molecular formula is C9H13ClN2. The van der Waals surface area contributed by atoms with E-state index in [-0.39, 0.29) is 0 Å². The van der Waals surface area contributed by atoms with Gasteiger partial charge in [0.05, 0.1) is 5.69 Å². The predicted molar refractivity (Wildman–Crippen MR) is 52.2 cm³/mol. The molecule has 0 radical (unpaired) electrons. The maximum absolute atomic E-state index is 5.57. The lowest BCUT2D eigenvalue weighted by Gasteiger charge is -1.94. The van der Waals surface area contributed by atoms with Gasteiger partial charge in [-0.25, -0.2) is 0 Å². The van der Waals surface area contributed by atoms with Crippen LogP contribution in [0.2, 0.25) is 0 Å². The maximum atomic E-state index is 5.57. The van der Waals surface area contributed by atoms with Crippen molar-refractivity contribution in [3.05, 3.63) is 24.0 Å². The van der Waals surface area contributed by atoms with Crippen molar-refractivity contribution in [2.75, 3.05) is 5.88 Å². The average Bonchev–Trinajstić information content (AvgIpc) is 2.47. The van der Waals surface area contributed by atoms with E-state index in [4.69, 9.17) is 11.6 Å². The molecule has 0 unspecified atom stereocenters. The highest BCUT2D eigenvalue weighted by Gasteiger charge is 1.97. The summed E-state index contributed by atoms with van der Waals surface area (Å²) in [6.45, 7) is 2.05. The number of halogens is 1. The number of rotatable bonds is 3. The average molecular weight is 185 g/mol. The standard InChI is InChI=1S/C9H13ClN2/c1-8(4-3-6-10)9-5-7-12(2)11-9/h4-5,7H,3,6H2,1-2H3/b8-4-. The molecule has 2 nitrogen and oxygen atoms in total. The fraction of sp³-hybridized carbons (Fsp3) is 0.444. The predicted octanol–water partition coefficient (Wildman–Crippen LogP) is 2.45. The fourth-order valence-electron chi connectivity index (χ4n) is 1.00. The minimum atomic E-state index is 0.671. The molecule has 1 aromatic heterocycles. The summed E-state index contributed by atoms with van der Waals surface area (Å²) in [5.41, 5.74) is 2.22. The van der Waals surface area contributed by atoms with Crippen LogP contribution in [0.3, 0.4) is 0 Å². The number of aryl methyl sites for hydroxylation is 1. The van der Waals surface area contributed by atoms with Crippen molar-refractivity contribution in [2.24, 2.45) is 7.05 Å². The largest absolute Gasteiger partial charge is 0.275 e. The van der Waals surface area contributed by atoms with Gasteiger partial charge >= 0.3 is 0 Å². The minimum Gasteiger partial charge on any atom is -0.275 e. The molecule has 0 atom stereocenters. The molecular weight excluding hydrogens is 172 g/mol. The number of allylic oxidation sites excluding steroid dienone is 2. The number of aromatic nitrogens is 2.